The number of nitrogens with zero attached hydrogens (tertiary/aromatic N) is 3. The van der Waals surface area contributed by atoms with Gasteiger partial charge in [0.1, 0.15) is 0 Å². The number of aryl methyl sites for hydroxylation is 1. The largest absolute Gasteiger partial charge is 0.454 e. The molecule has 1 fully saturated rings. The Kier molecular flexibility index (Phi) is 6.50. The first-order valence-corrected chi connectivity index (χ1v) is 12.0. The number of aromatic nitrogens is 1. The van der Waals surface area contributed by atoms with Gasteiger partial charge in [-0.1, -0.05) is 29.0 Å². The number of halogens is 1. The summed E-state index contributed by atoms with van der Waals surface area (Å²) in [5.41, 5.74) is 2.63. The first-order chi connectivity index (χ1) is 16.1. The molecule has 0 atom stereocenters. The molecule has 1 saturated heterocycles. The topological polar surface area (TPSA) is 64.1 Å². The van der Waals surface area contributed by atoms with Crippen molar-refractivity contribution in [1.29, 1.82) is 0 Å². The average Bonchev–Trinajstić information content (AvgIpc) is 3.48. The molecule has 2 aliphatic rings. The van der Waals surface area contributed by atoms with Gasteiger partial charge in [-0.2, -0.15) is 0 Å². The highest BCUT2D eigenvalue weighted by atomic mass is 35.5. The van der Waals surface area contributed by atoms with E-state index in [-0.39, 0.29) is 12.7 Å². The number of benzene rings is 2. The Morgan fingerprint density at radius 3 is 2.88 bits per heavy atom. The maximum Gasteiger partial charge on any atom is 0.252 e. The molecule has 5 rings (SSSR count). The van der Waals surface area contributed by atoms with Crippen LogP contribution < -0.4 is 14.4 Å². The lowest BCUT2D eigenvalue weighted by molar-refractivity contribution is -0.114. The number of amides is 1. The highest BCUT2D eigenvalue weighted by Gasteiger charge is 2.21. The summed E-state index contributed by atoms with van der Waals surface area (Å²) >= 11 is 7.80. The zero-order valence-electron chi connectivity index (χ0n) is 18.3. The van der Waals surface area contributed by atoms with E-state index < -0.39 is 0 Å². The molecule has 0 saturated carbocycles. The third-order valence-corrected chi connectivity index (χ3v) is 7.25. The lowest BCUT2D eigenvalue weighted by atomic mass is 10.2. The minimum absolute atomic E-state index is 0.122. The SMILES string of the molecule is Cc1c(Cl)ccc2sc(N(CCN3CCOCC3)C(=O)/C=C/c3ccc4c(c3)OCO4)nc12. The van der Waals surface area contributed by atoms with Crippen molar-refractivity contribution in [1.82, 2.24) is 9.88 Å². The van der Waals surface area contributed by atoms with E-state index in [4.69, 9.17) is 30.8 Å². The molecule has 0 unspecified atom stereocenters. The summed E-state index contributed by atoms with van der Waals surface area (Å²) in [5.74, 6) is 1.28. The van der Waals surface area contributed by atoms with Gasteiger partial charge < -0.3 is 14.2 Å². The van der Waals surface area contributed by atoms with Crippen LogP contribution in [0.15, 0.2) is 36.4 Å². The first kappa shape index (κ1) is 22.2. The van der Waals surface area contributed by atoms with Crippen LogP contribution in [0.3, 0.4) is 0 Å². The molecule has 9 heteroatoms. The smallest absolute Gasteiger partial charge is 0.252 e. The van der Waals surface area contributed by atoms with Crippen LogP contribution in [-0.2, 0) is 9.53 Å². The molecule has 0 N–H and O–H groups in total. The Morgan fingerprint density at radius 2 is 2.03 bits per heavy atom. The van der Waals surface area contributed by atoms with Crippen molar-refractivity contribution in [3.05, 3.63) is 52.6 Å². The Hall–Kier alpha value is -2.65. The first-order valence-electron chi connectivity index (χ1n) is 10.8. The Bertz CT molecular complexity index is 1210. The summed E-state index contributed by atoms with van der Waals surface area (Å²) < 4.78 is 17.3. The van der Waals surface area contributed by atoms with E-state index in [0.717, 1.165) is 54.2 Å². The Morgan fingerprint density at radius 1 is 1.21 bits per heavy atom. The Labute approximate surface area is 201 Å². The standard InChI is InChI=1S/C24H24ClN3O4S/c1-16-18(25)4-6-21-23(16)26-24(33-21)28(9-8-27-10-12-30-13-11-27)22(29)7-3-17-2-5-19-20(14-17)32-15-31-19/h2-7,14H,8-13,15H2,1H3/b7-3+. The molecule has 3 aromatic rings. The molecule has 33 heavy (non-hydrogen) atoms. The number of anilines is 1. The van der Waals surface area contributed by atoms with Crippen LogP contribution >= 0.6 is 22.9 Å². The second-order valence-electron chi connectivity index (χ2n) is 7.91. The number of thiazole rings is 1. The van der Waals surface area contributed by atoms with Gasteiger partial charge in [0.15, 0.2) is 16.6 Å². The van der Waals surface area contributed by atoms with Crippen molar-refractivity contribution in [3.63, 3.8) is 0 Å². The molecule has 0 spiro atoms. The number of hydrogen-bond donors (Lipinski definition) is 0. The maximum absolute atomic E-state index is 13.3. The molecule has 1 aromatic heterocycles. The number of carbonyl (C=O) groups excluding carboxylic acids is 1. The fraction of sp³-hybridized carbons (Fsp3) is 0.333. The lowest BCUT2D eigenvalue weighted by Crippen LogP contribution is -2.42. The number of fused-ring (bicyclic) bond motifs is 2. The number of ether oxygens (including phenoxy) is 3. The molecule has 0 radical (unpaired) electrons. The number of carbonyl (C=O) groups is 1. The molecular weight excluding hydrogens is 462 g/mol. The zero-order chi connectivity index (χ0) is 22.8. The molecule has 1 amide bonds. The van der Waals surface area contributed by atoms with Gasteiger partial charge in [-0.3, -0.25) is 14.6 Å². The minimum Gasteiger partial charge on any atom is -0.454 e. The van der Waals surface area contributed by atoms with Crippen LogP contribution in [0.2, 0.25) is 5.02 Å². The van der Waals surface area contributed by atoms with Crippen LogP contribution in [0.1, 0.15) is 11.1 Å². The highest BCUT2D eigenvalue weighted by molar-refractivity contribution is 7.22. The van der Waals surface area contributed by atoms with Crippen LogP contribution in [0.5, 0.6) is 11.5 Å². The maximum atomic E-state index is 13.3. The third kappa shape index (κ3) is 4.84. The van der Waals surface area contributed by atoms with Crippen LogP contribution in [-0.4, -0.2) is 62.0 Å². The fourth-order valence-corrected chi connectivity index (χ4v) is 5.05. The van der Waals surface area contributed by atoms with Crippen molar-refractivity contribution in [3.8, 4) is 11.5 Å². The summed E-state index contributed by atoms with van der Waals surface area (Å²) in [6, 6.07) is 9.45. The van der Waals surface area contributed by atoms with E-state index in [9.17, 15) is 4.79 Å². The number of hydrogen-bond acceptors (Lipinski definition) is 7. The summed E-state index contributed by atoms with van der Waals surface area (Å²) in [6.07, 6.45) is 3.38. The van der Waals surface area contributed by atoms with Gasteiger partial charge in [-0.05, 0) is 48.4 Å². The molecule has 7 nitrogen and oxygen atoms in total. The average molecular weight is 486 g/mol. The van der Waals surface area contributed by atoms with E-state index in [1.54, 1.807) is 17.1 Å². The van der Waals surface area contributed by atoms with Gasteiger partial charge in [0, 0.05) is 37.3 Å². The fourth-order valence-electron chi connectivity index (χ4n) is 3.84. The van der Waals surface area contributed by atoms with Gasteiger partial charge in [-0.25, -0.2) is 4.98 Å². The van der Waals surface area contributed by atoms with E-state index in [0.29, 0.717) is 28.2 Å². The molecule has 2 aliphatic heterocycles. The normalized spacial score (nSPS) is 16.1. The summed E-state index contributed by atoms with van der Waals surface area (Å²) in [4.78, 5) is 22.2. The van der Waals surface area contributed by atoms with E-state index in [2.05, 4.69) is 4.90 Å². The lowest BCUT2D eigenvalue weighted by Gasteiger charge is -2.28. The molecule has 0 aliphatic carbocycles. The van der Waals surface area contributed by atoms with Crippen molar-refractivity contribution < 1.29 is 19.0 Å². The molecule has 0 bridgehead atoms. The molecular formula is C24H24ClN3O4S. The second-order valence-corrected chi connectivity index (χ2v) is 9.32. The monoisotopic (exact) mass is 485 g/mol. The molecule has 2 aromatic carbocycles. The van der Waals surface area contributed by atoms with E-state index in [1.165, 1.54) is 11.3 Å². The van der Waals surface area contributed by atoms with Gasteiger partial charge in [0.25, 0.3) is 5.91 Å². The zero-order valence-corrected chi connectivity index (χ0v) is 19.8. The number of morpholine rings is 1. The summed E-state index contributed by atoms with van der Waals surface area (Å²) in [5, 5.41) is 1.34. The van der Waals surface area contributed by atoms with E-state index >= 15 is 0 Å². The van der Waals surface area contributed by atoms with Gasteiger partial charge >= 0.3 is 0 Å². The second kappa shape index (κ2) is 9.69. The summed E-state index contributed by atoms with van der Waals surface area (Å²) in [6.45, 7) is 6.63. The highest BCUT2D eigenvalue weighted by Crippen LogP contribution is 2.34. The van der Waals surface area contributed by atoms with Crippen LogP contribution in [0.4, 0.5) is 5.13 Å². The van der Waals surface area contributed by atoms with Crippen LogP contribution in [0.25, 0.3) is 16.3 Å². The van der Waals surface area contributed by atoms with Gasteiger partial charge in [0.05, 0.1) is 23.4 Å². The van der Waals surface area contributed by atoms with Crippen molar-refractivity contribution >= 4 is 50.3 Å². The molecule has 172 valence electrons. The van der Waals surface area contributed by atoms with Crippen LogP contribution in [0, 0.1) is 6.92 Å². The number of rotatable bonds is 6. The van der Waals surface area contributed by atoms with Crippen molar-refractivity contribution in [2.24, 2.45) is 0 Å². The van der Waals surface area contributed by atoms with Gasteiger partial charge in [0.2, 0.25) is 6.79 Å². The van der Waals surface area contributed by atoms with Crippen molar-refractivity contribution in [2.75, 3.05) is 51.1 Å². The Balaban J connectivity index is 1.40. The predicted octanol–water partition coefficient (Wildman–Crippen LogP) is 4.37. The van der Waals surface area contributed by atoms with Crippen molar-refractivity contribution in [2.45, 2.75) is 6.92 Å². The summed E-state index contributed by atoms with van der Waals surface area (Å²) in [7, 11) is 0. The molecule has 3 heterocycles. The van der Waals surface area contributed by atoms with Gasteiger partial charge in [-0.15, -0.1) is 0 Å². The predicted molar refractivity (Wildman–Crippen MR) is 131 cm³/mol. The quantitative estimate of drug-likeness (QED) is 0.483. The van der Waals surface area contributed by atoms with E-state index in [1.807, 2.05) is 37.3 Å². The third-order valence-electron chi connectivity index (χ3n) is 5.79. The minimum atomic E-state index is -0.122.